The van der Waals surface area contributed by atoms with Crippen LogP contribution in [0.2, 0.25) is 5.02 Å². The summed E-state index contributed by atoms with van der Waals surface area (Å²) in [7, 11) is -6.94. The molecule has 4 heterocycles. The summed E-state index contributed by atoms with van der Waals surface area (Å²) in [5.74, 6) is 0.381. The molecule has 3 atom stereocenters. The molecule has 0 bridgehead atoms. The van der Waals surface area contributed by atoms with Gasteiger partial charge in [-0.25, -0.2) is 31.2 Å². The maximum Gasteiger partial charge on any atom is 0.501 e. The van der Waals surface area contributed by atoms with Crippen molar-refractivity contribution in [3.63, 3.8) is 0 Å². The molecule has 2 fully saturated rings. The Morgan fingerprint density at radius 2 is 1.67 bits per heavy atom. The van der Waals surface area contributed by atoms with Crippen molar-refractivity contribution in [2.24, 2.45) is 0 Å². The van der Waals surface area contributed by atoms with Gasteiger partial charge in [0.1, 0.15) is 23.2 Å². The minimum Gasteiger partial charge on any atom is -0.360 e. The lowest BCUT2D eigenvalue weighted by Gasteiger charge is -2.42. The summed E-state index contributed by atoms with van der Waals surface area (Å²) in [6, 6.07) is 27.6. The normalized spacial score (nSPS) is 20.9. The Balaban J connectivity index is 0.978. The summed E-state index contributed by atoms with van der Waals surface area (Å²) >= 11 is 7.63. The first-order chi connectivity index (χ1) is 30.4. The molecule has 2 saturated heterocycles. The molecule has 64 heavy (non-hydrogen) atoms. The van der Waals surface area contributed by atoms with Gasteiger partial charge in [0.2, 0.25) is 0 Å². The summed E-state index contributed by atoms with van der Waals surface area (Å²) < 4.78 is 116. The smallest absolute Gasteiger partial charge is 0.360 e. The lowest BCUT2D eigenvalue weighted by atomic mass is 9.95. The van der Waals surface area contributed by atoms with E-state index in [9.17, 15) is 30.0 Å². The zero-order valence-corrected chi connectivity index (χ0v) is 38.4. The van der Waals surface area contributed by atoms with Gasteiger partial charge in [-0.05, 0) is 99.1 Å². The van der Waals surface area contributed by atoms with Crippen LogP contribution < -0.4 is 9.62 Å². The SMILES string of the molecule is CN(C)CCC1(CSc2ccccc2)CN1c1ccc(S(=O)(=O)Nc2ncnc3c2CCN(C2CCN(Cc4ccccc4-c4ccc(Cl)cc4)CC2F)C3)cc1S(=O)(=O)C(F)(F)F. The van der Waals surface area contributed by atoms with Crippen LogP contribution in [-0.2, 0) is 39.4 Å². The van der Waals surface area contributed by atoms with E-state index in [2.05, 4.69) is 19.6 Å². The Morgan fingerprint density at radius 3 is 2.39 bits per heavy atom. The molecule has 19 heteroatoms. The molecule has 340 valence electrons. The summed E-state index contributed by atoms with van der Waals surface area (Å²) in [5, 5.41) is 0.647. The van der Waals surface area contributed by atoms with Crippen molar-refractivity contribution in [3.05, 3.63) is 125 Å². The molecule has 0 radical (unpaired) electrons. The van der Waals surface area contributed by atoms with Gasteiger partial charge in [0.25, 0.3) is 19.9 Å². The van der Waals surface area contributed by atoms with Crippen molar-refractivity contribution >= 4 is 54.7 Å². The average Bonchev–Trinajstić information content (AvgIpc) is 3.99. The monoisotopic (exact) mass is 957 g/mol. The largest absolute Gasteiger partial charge is 0.501 e. The number of hydrogen-bond donors (Lipinski definition) is 1. The molecule has 11 nitrogen and oxygen atoms in total. The van der Waals surface area contributed by atoms with Crippen LogP contribution in [0.15, 0.2) is 118 Å². The Labute approximate surface area is 380 Å². The third kappa shape index (κ3) is 9.93. The maximum atomic E-state index is 16.1. The predicted molar refractivity (Wildman–Crippen MR) is 243 cm³/mol. The van der Waals surface area contributed by atoms with Gasteiger partial charge in [-0.15, -0.1) is 11.8 Å². The van der Waals surface area contributed by atoms with Crippen LogP contribution in [0.4, 0.5) is 29.1 Å². The molecule has 0 saturated carbocycles. The Kier molecular flexibility index (Phi) is 13.4. The van der Waals surface area contributed by atoms with Gasteiger partial charge in [0.15, 0.2) is 0 Å². The van der Waals surface area contributed by atoms with Crippen LogP contribution in [0.5, 0.6) is 0 Å². The fourth-order valence-corrected chi connectivity index (χ4v) is 12.1. The number of nitrogens with one attached hydrogen (secondary N) is 1. The van der Waals surface area contributed by atoms with Crippen molar-refractivity contribution in [2.45, 2.75) is 70.3 Å². The molecule has 3 aliphatic heterocycles. The minimum absolute atomic E-state index is 0.0773. The second-order valence-corrected chi connectivity index (χ2v) is 21.9. The van der Waals surface area contributed by atoms with Crippen molar-refractivity contribution in [2.75, 3.05) is 62.2 Å². The van der Waals surface area contributed by atoms with Gasteiger partial charge < -0.3 is 9.80 Å². The lowest BCUT2D eigenvalue weighted by Crippen LogP contribution is -2.53. The maximum absolute atomic E-state index is 16.1. The van der Waals surface area contributed by atoms with E-state index in [4.69, 9.17) is 11.6 Å². The number of sulfonamides is 1. The number of hydrogen-bond acceptors (Lipinski definition) is 11. The molecular formula is C45H48ClF4N7O4S3. The molecule has 0 aliphatic carbocycles. The first-order valence-corrected chi connectivity index (χ1v) is 25.1. The molecule has 5 aromatic rings. The summed E-state index contributed by atoms with van der Waals surface area (Å²) in [6.45, 7) is 2.93. The number of fused-ring (bicyclic) bond motifs is 1. The van der Waals surface area contributed by atoms with E-state index < -0.39 is 52.9 Å². The number of aromatic nitrogens is 2. The highest BCUT2D eigenvalue weighted by Crippen LogP contribution is 2.49. The Hall–Kier alpha value is -4.30. The van der Waals surface area contributed by atoms with Crippen molar-refractivity contribution in [1.29, 1.82) is 0 Å². The van der Waals surface area contributed by atoms with Gasteiger partial charge in [-0.3, -0.25) is 14.5 Å². The van der Waals surface area contributed by atoms with E-state index in [-0.39, 0.29) is 37.6 Å². The van der Waals surface area contributed by atoms with Gasteiger partial charge in [-0.2, -0.15) is 13.2 Å². The Bertz CT molecular complexity index is 2700. The molecule has 0 amide bonds. The summed E-state index contributed by atoms with van der Waals surface area (Å²) in [5.41, 5.74) is -2.48. The fourth-order valence-electron chi connectivity index (χ4n) is 8.65. The molecule has 3 unspecified atom stereocenters. The quantitative estimate of drug-likeness (QED) is 0.0623. The van der Waals surface area contributed by atoms with Crippen LogP contribution in [0, 0.1) is 0 Å². The van der Waals surface area contributed by atoms with Crippen molar-refractivity contribution < 1.29 is 34.4 Å². The number of rotatable bonds is 15. The second-order valence-electron chi connectivity index (χ2n) is 16.8. The zero-order valence-electron chi connectivity index (χ0n) is 35.2. The highest BCUT2D eigenvalue weighted by atomic mass is 35.5. The second kappa shape index (κ2) is 18.5. The number of anilines is 2. The van der Waals surface area contributed by atoms with Crippen LogP contribution in [0.25, 0.3) is 11.1 Å². The molecule has 4 aromatic carbocycles. The fraction of sp³-hybridized carbons (Fsp3) is 0.378. The topological polar surface area (TPSA) is 119 Å². The average molecular weight is 959 g/mol. The van der Waals surface area contributed by atoms with Gasteiger partial charge in [0, 0.05) is 66.5 Å². The van der Waals surface area contributed by atoms with E-state index in [0.29, 0.717) is 67.1 Å². The third-order valence-electron chi connectivity index (χ3n) is 12.2. The predicted octanol–water partition coefficient (Wildman–Crippen LogP) is 8.16. The first-order valence-electron chi connectivity index (χ1n) is 20.8. The van der Waals surface area contributed by atoms with E-state index in [0.717, 1.165) is 33.7 Å². The minimum atomic E-state index is -6.01. The summed E-state index contributed by atoms with van der Waals surface area (Å²) in [6.07, 6.45) is 1.36. The van der Waals surface area contributed by atoms with Crippen LogP contribution in [-0.4, -0.2) is 117 Å². The highest BCUT2D eigenvalue weighted by Gasteiger charge is 2.55. The number of alkyl halides is 4. The van der Waals surface area contributed by atoms with Crippen molar-refractivity contribution in [1.82, 2.24) is 24.7 Å². The standard InChI is InChI=1S/C45H48ClF4N7O4S3/c1-54(2)23-20-44(29-62-34-9-4-3-5-10-34)28-57(44)41-17-16-35(24-42(41)63(58,59)45(48,49)50)64(60,61)53-43-37-18-22-56(27-39(37)51-30-52-43)40-19-21-55(26-38(40)47)25-32-8-6-7-11-36(32)31-12-14-33(46)15-13-31/h3-17,24,30,38,40H,18-23,25-29H2,1-2H3,(H,51,52,53). The number of likely N-dealkylation sites (tertiary alicyclic amines) is 1. The highest BCUT2D eigenvalue weighted by molar-refractivity contribution is 7.99. The van der Waals surface area contributed by atoms with E-state index in [1.807, 2.05) is 103 Å². The number of halogens is 5. The molecule has 1 aromatic heterocycles. The van der Waals surface area contributed by atoms with Crippen LogP contribution in [0.1, 0.15) is 29.7 Å². The first kappa shape index (κ1) is 46.2. The molecular weight excluding hydrogens is 910 g/mol. The van der Waals surface area contributed by atoms with Crippen molar-refractivity contribution in [3.8, 4) is 11.1 Å². The number of piperidine rings is 1. The van der Waals surface area contributed by atoms with Crippen LogP contribution in [0.3, 0.4) is 0 Å². The summed E-state index contributed by atoms with van der Waals surface area (Å²) in [4.78, 5) is 15.4. The van der Waals surface area contributed by atoms with Gasteiger partial charge >= 0.3 is 5.51 Å². The van der Waals surface area contributed by atoms with Gasteiger partial charge in [-0.1, -0.05) is 66.2 Å². The lowest BCUT2D eigenvalue weighted by molar-refractivity contribution is -0.0435. The van der Waals surface area contributed by atoms with Crippen LogP contribution >= 0.6 is 23.4 Å². The number of nitrogens with zero attached hydrogens (tertiary/aromatic N) is 6. The molecule has 3 aliphatic rings. The van der Waals surface area contributed by atoms with E-state index in [1.54, 1.807) is 4.90 Å². The number of sulfone groups is 1. The Morgan fingerprint density at radius 1 is 0.938 bits per heavy atom. The molecule has 8 rings (SSSR count). The molecule has 0 spiro atoms. The third-order valence-corrected chi connectivity index (χ3v) is 16.6. The van der Waals surface area contributed by atoms with E-state index >= 15 is 4.39 Å². The van der Waals surface area contributed by atoms with Gasteiger partial charge in [0.05, 0.1) is 21.8 Å². The number of benzene rings is 4. The zero-order chi connectivity index (χ0) is 45.4. The molecule has 1 N–H and O–H groups in total. The number of thioether (sulfide) groups is 1. The van der Waals surface area contributed by atoms with E-state index in [1.165, 1.54) is 18.1 Å².